The summed E-state index contributed by atoms with van der Waals surface area (Å²) in [5.41, 5.74) is -0.471. The maximum absolute atomic E-state index is 11.4. The zero-order valence-corrected chi connectivity index (χ0v) is 8.08. The molecule has 1 atom stereocenters. The topological polar surface area (TPSA) is 17.1 Å². The van der Waals surface area contributed by atoms with Crippen molar-refractivity contribution >= 4 is 29.0 Å². The van der Waals surface area contributed by atoms with Crippen LogP contribution in [0.1, 0.15) is 32.6 Å². The third kappa shape index (κ3) is 1.70. The Hall–Kier alpha value is 0.250. The van der Waals surface area contributed by atoms with Crippen molar-refractivity contribution in [1.29, 1.82) is 0 Å². The Bertz CT molecular complexity index is 167. The van der Waals surface area contributed by atoms with Crippen molar-refractivity contribution < 1.29 is 4.79 Å². The van der Waals surface area contributed by atoms with Crippen molar-refractivity contribution in [3.05, 3.63) is 0 Å². The van der Waals surface area contributed by atoms with Gasteiger partial charge in [-0.15, -0.1) is 23.2 Å². The van der Waals surface area contributed by atoms with Gasteiger partial charge in [0.1, 0.15) is 10.6 Å². The lowest BCUT2D eigenvalue weighted by molar-refractivity contribution is -0.129. The van der Waals surface area contributed by atoms with Gasteiger partial charge in [-0.25, -0.2) is 0 Å². The summed E-state index contributed by atoms with van der Waals surface area (Å²) >= 11 is 11.5. The molecule has 1 nitrogen and oxygen atoms in total. The van der Waals surface area contributed by atoms with Gasteiger partial charge in [-0.1, -0.05) is 13.3 Å². The molecule has 0 heterocycles. The number of ketones is 1. The Morgan fingerprint density at radius 1 is 1.45 bits per heavy atom. The molecule has 1 saturated carbocycles. The highest BCUT2D eigenvalue weighted by atomic mass is 35.5. The molecule has 1 aliphatic carbocycles. The van der Waals surface area contributed by atoms with Gasteiger partial charge in [0, 0.05) is 6.42 Å². The van der Waals surface area contributed by atoms with Gasteiger partial charge in [-0.2, -0.15) is 0 Å². The molecule has 0 bridgehead atoms. The predicted molar refractivity (Wildman–Crippen MR) is 47.1 cm³/mol. The minimum Gasteiger partial charge on any atom is -0.299 e. The number of rotatable bonds is 1. The number of hydrogen-bond acceptors (Lipinski definition) is 1. The second-order valence-electron chi connectivity index (χ2n) is 3.35. The smallest absolute Gasteiger partial charge is 0.141 e. The third-order valence-corrected chi connectivity index (χ3v) is 3.43. The molecule has 0 aliphatic heterocycles. The summed E-state index contributed by atoms with van der Waals surface area (Å²) < 4.78 is 0. The van der Waals surface area contributed by atoms with E-state index < -0.39 is 10.3 Å². The van der Waals surface area contributed by atoms with E-state index in [1.54, 1.807) is 0 Å². The van der Waals surface area contributed by atoms with Crippen LogP contribution in [0.25, 0.3) is 0 Å². The Balaban J connectivity index is 2.73. The molecule has 0 saturated heterocycles. The summed E-state index contributed by atoms with van der Waals surface area (Å²) in [5.74, 6) is 0.221. The maximum atomic E-state index is 11.4. The van der Waals surface area contributed by atoms with E-state index in [0.29, 0.717) is 6.42 Å². The molecule has 0 aromatic carbocycles. The zero-order chi connectivity index (χ0) is 8.48. The lowest BCUT2D eigenvalue weighted by Gasteiger charge is -2.32. The second kappa shape index (κ2) is 3.32. The van der Waals surface area contributed by atoms with Gasteiger partial charge in [-0.05, 0) is 12.8 Å². The van der Waals surface area contributed by atoms with Crippen LogP contribution in [-0.4, -0.2) is 10.6 Å². The van der Waals surface area contributed by atoms with Gasteiger partial charge in [-0.3, -0.25) is 4.79 Å². The Labute approximate surface area is 77.1 Å². The van der Waals surface area contributed by atoms with Crippen molar-refractivity contribution in [3.8, 4) is 0 Å². The van der Waals surface area contributed by atoms with Crippen LogP contribution in [0.3, 0.4) is 0 Å². The first-order valence-corrected chi connectivity index (χ1v) is 4.76. The van der Waals surface area contributed by atoms with Crippen LogP contribution in [0.15, 0.2) is 0 Å². The van der Waals surface area contributed by atoms with Crippen LogP contribution in [0.2, 0.25) is 0 Å². The predicted octanol–water partition coefficient (Wildman–Crippen LogP) is 2.94. The van der Waals surface area contributed by atoms with Crippen molar-refractivity contribution in [2.24, 2.45) is 5.41 Å². The first-order chi connectivity index (χ1) is 5.07. The van der Waals surface area contributed by atoms with E-state index in [1.165, 1.54) is 0 Å². The van der Waals surface area contributed by atoms with E-state index >= 15 is 0 Å². The highest BCUT2D eigenvalue weighted by molar-refractivity contribution is 6.46. The van der Waals surface area contributed by atoms with E-state index in [9.17, 15) is 4.79 Å². The molecule has 0 N–H and O–H groups in total. The largest absolute Gasteiger partial charge is 0.299 e. The monoisotopic (exact) mass is 194 g/mol. The summed E-state index contributed by atoms with van der Waals surface area (Å²) in [4.78, 5) is 10.8. The highest BCUT2D eigenvalue weighted by Crippen LogP contribution is 2.40. The standard InChI is InChI=1S/C8H12Cl2O/c1-8(7(9)10)5-3-2-4-6(8)11/h7H,2-5H2,1H3/t8-/m1/s1. The summed E-state index contributed by atoms with van der Waals surface area (Å²) in [6.07, 6.45) is 3.54. The van der Waals surface area contributed by atoms with E-state index in [4.69, 9.17) is 23.2 Å². The summed E-state index contributed by atoms with van der Waals surface area (Å²) in [6, 6.07) is 0. The van der Waals surface area contributed by atoms with Crippen molar-refractivity contribution in [2.45, 2.75) is 37.4 Å². The van der Waals surface area contributed by atoms with E-state index in [2.05, 4.69) is 0 Å². The Kier molecular flexibility index (Phi) is 2.82. The number of halogens is 2. The molecule has 64 valence electrons. The van der Waals surface area contributed by atoms with E-state index in [1.807, 2.05) is 6.92 Å². The lowest BCUT2D eigenvalue weighted by atomic mass is 9.76. The van der Waals surface area contributed by atoms with Gasteiger partial charge in [0.25, 0.3) is 0 Å². The van der Waals surface area contributed by atoms with Crippen LogP contribution in [0.4, 0.5) is 0 Å². The number of alkyl halides is 2. The number of carbonyl (C=O) groups excluding carboxylic acids is 1. The molecule has 1 aliphatic rings. The molecule has 1 rings (SSSR count). The summed E-state index contributed by atoms with van der Waals surface area (Å²) in [5, 5.41) is 0. The van der Waals surface area contributed by atoms with Crippen molar-refractivity contribution in [3.63, 3.8) is 0 Å². The molecule has 0 aromatic heterocycles. The normalized spacial score (nSPS) is 32.9. The molecule has 0 unspecified atom stereocenters. The average Bonchev–Trinajstić information content (AvgIpc) is 1.95. The first kappa shape index (κ1) is 9.34. The zero-order valence-electron chi connectivity index (χ0n) is 6.57. The van der Waals surface area contributed by atoms with Gasteiger partial charge < -0.3 is 0 Å². The molecular formula is C8H12Cl2O. The van der Waals surface area contributed by atoms with Gasteiger partial charge in [0.15, 0.2) is 0 Å². The number of carbonyl (C=O) groups is 1. The van der Waals surface area contributed by atoms with Crippen molar-refractivity contribution in [2.75, 3.05) is 0 Å². The quantitative estimate of drug-likeness (QED) is 0.588. The van der Waals surface area contributed by atoms with E-state index in [-0.39, 0.29) is 5.78 Å². The molecule has 3 heteroatoms. The highest BCUT2D eigenvalue weighted by Gasteiger charge is 2.40. The Morgan fingerprint density at radius 3 is 2.45 bits per heavy atom. The third-order valence-electron chi connectivity index (χ3n) is 2.47. The summed E-state index contributed by atoms with van der Waals surface area (Å²) in [7, 11) is 0. The van der Waals surface area contributed by atoms with E-state index in [0.717, 1.165) is 19.3 Å². The molecule has 0 aromatic rings. The molecule has 0 spiro atoms. The number of hydrogen-bond donors (Lipinski definition) is 0. The van der Waals surface area contributed by atoms with Crippen LogP contribution in [0.5, 0.6) is 0 Å². The van der Waals surface area contributed by atoms with Gasteiger partial charge in [0.2, 0.25) is 0 Å². The van der Waals surface area contributed by atoms with Crippen molar-refractivity contribution in [1.82, 2.24) is 0 Å². The SMILES string of the molecule is C[C@@]1(C(Cl)Cl)CCCCC1=O. The maximum Gasteiger partial charge on any atom is 0.141 e. The Morgan fingerprint density at radius 2 is 2.09 bits per heavy atom. The van der Waals surface area contributed by atoms with Gasteiger partial charge >= 0.3 is 0 Å². The molecular weight excluding hydrogens is 183 g/mol. The van der Waals surface area contributed by atoms with Gasteiger partial charge in [0.05, 0.1) is 5.41 Å². The number of Topliss-reactive ketones (excluding diaryl/α,β-unsaturated/α-hetero) is 1. The fourth-order valence-electron chi connectivity index (χ4n) is 1.43. The molecule has 0 amide bonds. The summed E-state index contributed by atoms with van der Waals surface area (Å²) in [6.45, 7) is 1.86. The van der Waals surface area contributed by atoms with Crippen LogP contribution >= 0.6 is 23.2 Å². The minimum atomic E-state index is -0.546. The fraction of sp³-hybridized carbons (Fsp3) is 0.875. The van der Waals surface area contributed by atoms with Crippen LogP contribution < -0.4 is 0 Å². The second-order valence-corrected chi connectivity index (χ2v) is 4.44. The molecule has 1 fully saturated rings. The fourth-order valence-corrected chi connectivity index (χ4v) is 1.90. The molecule has 0 radical (unpaired) electrons. The van der Waals surface area contributed by atoms with Crippen LogP contribution in [0, 0.1) is 5.41 Å². The molecule has 11 heavy (non-hydrogen) atoms. The minimum absolute atomic E-state index is 0.221. The lowest BCUT2D eigenvalue weighted by Crippen LogP contribution is -2.36. The first-order valence-electron chi connectivity index (χ1n) is 3.89. The van der Waals surface area contributed by atoms with Crippen LogP contribution in [-0.2, 0) is 4.79 Å². The average molecular weight is 195 g/mol.